The number of halogens is 1. The lowest BCUT2D eigenvalue weighted by atomic mass is 10.00. The first-order valence-corrected chi connectivity index (χ1v) is 11.0. The van der Waals surface area contributed by atoms with Gasteiger partial charge in [-0.1, -0.05) is 18.2 Å². The van der Waals surface area contributed by atoms with Gasteiger partial charge in [0, 0.05) is 19.5 Å². The van der Waals surface area contributed by atoms with Gasteiger partial charge in [-0.25, -0.2) is 12.8 Å². The lowest BCUT2D eigenvalue weighted by Crippen LogP contribution is -2.42. The number of rotatable bonds is 8. The minimum absolute atomic E-state index is 0.0194. The van der Waals surface area contributed by atoms with Crippen LogP contribution >= 0.6 is 0 Å². The first-order chi connectivity index (χ1) is 14.0. The van der Waals surface area contributed by atoms with Crippen LogP contribution in [0.4, 0.5) is 4.39 Å². The summed E-state index contributed by atoms with van der Waals surface area (Å²) < 4.78 is 50.7. The van der Waals surface area contributed by atoms with E-state index in [-0.39, 0.29) is 18.0 Å². The highest BCUT2D eigenvalue weighted by Gasteiger charge is 2.34. The number of piperidine rings is 1. The number of esters is 1. The van der Waals surface area contributed by atoms with Crippen LogP contribution in [0.1, 0.15) is 19.3 Å². The standard InChI is InChI=1S/C21H24FNO5S/c22-18-9-11-20(12-10-18)29(25,26)23-13-4-6-17(16-23)21(24)28-15-5-14-27-19-7-2-1-3-8-19/h1-3,7-12,17H,4-6,13-16H2. The van der Waals surface area contributed by atoms with Gasteiger partial charge in [-0.15, -0.1) is 0 Å². The molecule has 0 saturated carbocycles. The molecule has 2 aromatic rings. The summed E-state index contributed by atoms with van der Waals surface area (Å²) in [4.78, 5) is 12.4. The molecule has 1 saturated heterocycles. The molecule has 0 radical (unpaired) electrons. The summed E-state index contributed by atoms with van der Waals surface area (Å²) in [6.07, 6.45) is 1.69. The van der Waals surface area contributed by atoms with Crippen molar-refractivity contribution in [2.75, 3.05) is 26.3 Å². The highest BCUT2D eigenvalue weighted by Crippen LogP contribution is 2.24. The molecule has 156 valence electrons. The molecule has 1 fully saturated rings. The lowest BCUT2D eigenvalue weighted by Gasteiger charge is -2.30. The number of benzene rings is 2. The van der Waals surface area contributed by atoms with Crippen molar-refractivity contribution in [2.45, 2.75) is 24.2 Å². The predicted octanol–water partition coefficient (Wildman–Crippen LogP) is 3.24. The molecule has 1 aliphatic heterocycles. The second-order valence-electron chi connectivity index (χ2n) is 6.84. The predicted molar refractivity (Wildman–Crippen MR) is 105 cm³/mol. The van der Waals surface area contributed by atoms with Gasteiger partial charge in [0.05, 0.1) is 24.0 Å². The number of nitrogens with zero attached hydrogens (tertiary/aromatic N) is 1. The van der Waals surface area contributed by atoms with E-state index in [1.165, 1.54) is 16.4 Å². The Morgan fingerprint density at radius 2 is 1.79 bits per heavy atom. The van der Waals surface area contributed by atoms with E-state index in [0.29, 0.717) is 32.4 Å². The Kier molecular flexibility index (Phi) is 7.22. The van der Waals surface area contributed by atoms with E-state index in [1.807, 2.05) is 30.3 Å². The quantitative estimate of drug-likeness (QED) is 0.483. The molecule has 2 aromatic carbocycles. The van der Waals surface area contributed by atoms with Crippen LogP contribution in [0.15, 0.2) is 59.5 Å². The fourth-order valence-corrected chi connectivity index (χ4v) is 4.69. The summed E-state index contributed by atoms with van der Waals surface area (Å²) in [6, 6.07) is 14.1. The zero-order valence-corrected chi connectivity index (χ0v) is 16.8. The van der Waals surface area contributed by atoms with Crippen molar-refractivity contribution in [1.29, 1.82) is 0 Å². The molecular weight excluding hydrogens is 397 g/mol. The smallest absolute Gasteiger partial charge is 0.310 e. The fourth-order valence-electron chi connectivity index (χ4n) is 3.17. The average molecular weight is 421 g/mol. The Labute approximate surface area is 170 Å². The molecule has 1 heterocycles. The van der Waals surface area contributed by atoms with Crippen LogP contribution in [-0.4, -0.2) is 45.0 Å². The minimum Gasteiger partial charge on any atom is -0.493 e. The van der Waals surface area contributed by atoms with Crippen LogP contribution in [0, 0.1) is 11.7 Å². The Balaban J connectivity index is 1.47. The van der Waals surface area contributed by atoms with Crippen LogP contribution < -0.4 is 4.74 Å². The third kappa shape index (κ3) is 5.77. The van der Waals surface area contributed by atoms with Crippen LogP contribution in [0.3, 0.4) is 0 Å². The number of carbonyl (C=O) groups is 1. The van der Waals surface area contributed by atoms with Crippen molar-refractivity contribution < 1.29 is 27.1 Å². The van der Waals surface area contributed by atoms with E-state index in [1.54, 1.807) is 0 Å². The molecule has 0 amide bonds. The van der Waals surface area contributed by atoms with E-state index in [9.17, 15) is 17.6 Å². The van der Waals surface area contributed by atoms with E-state index in [4.69, 9.17) is 9.47 Å². The molecule has 1 aliphatic rings. The van der Waals surface area contributed by atoms with E-state index in [0.717, 1.165) is 17.9 Å². The molecule has 0 N–H and O–H groups in total. The zero-order valence-electron chi connectivity index (χ0n) is 16.0. The van der Waals surface area contributed by atoms with Gasteiger partial charge in [0.1, 0.15) is 11.6 Å². The van der Waals surface area contributed by atoms with E-state index >= 15 is 0 Å². The summed E-state index contributed by atoms with van der Waals surface area (Å²) in [5, 5.41) is 0. The number of hydrogen-bond donors (Lipinski definition) is 0. The van der Waals surface area contributed by atoms with Gasteiger partial charge in [0.2, 0.25) is 10.0 Å². The average Bonchev–Trinajstić information content (AvgIpc) is 2.74. The number of carbonyl (C=O) groups excluding carboxylic acids is 1. The molecule has 1 unspecified atom stereocenters. The molecule has 0 aromatic heterocycles. The molecule has 8 heteroatoms. The van der Waals surface area contributed by atoms with Gasteiger partial charge in [0.25, 0.3) is 0 Å². The number of hydrogen-bond acceptors (Lipinski definition) is 5. The maximum Gasteiger partial charge on any atom is 0.310 e. The second kappa shape index (κ2) is 9.84. The molecule has 0 spiro atoms. The summed E-state index contributed by atoms with van der Waals surface area (Å²) in [7, 11) is -3.77. The van der Waals surface area contributed by atoms with Gasteiger partial charge in [-0.3, -0.25) is 4.79 Å². The van der Waals surface area contributed by atoms with Gasteiger partial charge < -0.3 is 9.47 Å². The zero-order chi connectivity index (χ0) is 20.7. The molecule has 29 heavy (non-hydrogen) atoms. The number of sulfonamides is 1. The topological polar surface area (TPSA) is 72.9 Å². The third-order valence-corrected chi connectivity index (χ3v) is 6.59. The van der Waals surface area contributed by atoms with Gasteiger partial charge in [-0.05, 0) is 49.2 Å². The lowest BCUT2D eigenvalue weighted by molar-refractivity contribution is -0.150. The van der Waals surface area contributed by atoms with Crippen molar-refractivity contribution in [3.63, 3.8) is 0 Å². The van der Waals surface area contributed by atoms with Crippen LogP contribution in [-0.2, 0) is 19.6 Å². The van der Waals surface area contributed by atoms with Crippen molar-refractivity contribution in [1.82, 2.24) is 4.31 Å². The first-order valence-electron chi connectivity index (χ1n) is 9.57. The highest BCUT2D eigenvalue weighted by atomic mass is 32.2. The Bertz CT molecular complexity index is 902. The van der Waals surface area contributed by atoms with Crippen molar-refractivity contribution in [3.8, 4) is 5.75 Å². The Hall–Kier alpha value is -2.45. The van der Waals surface area contributed by atoms with Crippen LogP contribution in [0.2, 0.25) is 0 Å². The molecular formula is C21H24FNO5S. The SMILES string of the molecule is O=C(OCCCOc1ccccc1)C1CCCN(S(=O)(=O)c2ccc(F)cc2)C1. The fraction of sp³-hybridized carbons (Fsp3) is 0.381. The van der Waals surface area contributed by atoms with Crippen molar-refractivity contribution in [2.24, 2.45) is 5.92 Å². The van der Waals surface area contributed by atoms with Gasteiger partial charge >= 0.3 is 5.97 Å². The van der Waals surface area contributed by atoms with E-state index < -0.39 is 27.7 Å². The maximum absolute atomic E-state index is 13.1. The largest absolute Gasteiger partial charge is 0.493 e. The summed E-state index contributed by atoms with van der Waals surface area (Å²) in [5.41, 5.74) is 0. The molecule has 6 nitrogen and oxygen atoms in total. The summed E-state index contributed by atoms with van der Waals surface area (Å²) in [6.45, 7) is 1.04. The van der Waals surface area contributed by atoms with Gasteiger partial charge in [-0.2, -0.15) is 4.31 Å². The summed E-state index contributed by atoms with van der Waals surface area (Å²) in [5.74, 6) is -0.647. The van der Waals surface area contributed by atoms with Crippen LogP contribution in [0.5, 0.6) is 5.75 Å². The second-order valence-corrected chi connectivity index (χ2v) is 8.78. The van der Waals surface area contributed by atoms with Crippen molar-refractivity contribution >= 4 is 16.0 Å². The normalized spacial score (nSPS) is 17.6. The Morgan fingerprint density at radius 1 is 1.07 bits per heavy atom. The monoisotopic (exact) mass is 421 g/mol. The molecule has 0 aliphatic carbocycles. The number of ether oxygens (including phenoxy) is 2. The first kappa shape index (κ1) is 21.3. The molecule has 0 bridgehead atoms. The highest BCUT2D eigenvalue weighted by molar-refractivity contribution is 7.89. The van der Waals surface area contributed by atoms with E-state index in [2.05, 4.69) is 0 Å². The maximum atomic E-state index is 13.1. The third-order valence-electron chi connectivity index (χ3n) is 4.71. The minimum atomic E-state index is -3.77. The molecule has 3 rings (SSSR count). The summed E-state index contributed by atoms with van der Waals surface area (Å²) >= 11 is 0. The van der Waals surface area contributed by atoms with Crippen molar-refractivity contribution in [3.05, 3.63) is 60.4 Å². The molecule has 1 atom stereocenters. The number of para-hydroxylation sites is 1. The Morgan fingerprint density at radius 3 is 2.52 bits per heavy atom. The van der Waals surface area contributed by atoms with Gasteiger partial charge in [0.15, 0.2) is 0 Å². The van der Waals surface area contributed by atoms with Crippen LogP contribution in [0.25, 0.3) is 0 Å².